The number of nitrogens with zero attached hydrogens (tertiary/aromatic N) is 2. The van der Waals surface area contributed by atoms with Crippen LogP contribution in [0.15, 0.2) is 65.1 Å². The van der Waals surface area contributed by atoms with Crippen molar-refractivity contribution in [1.29, 1.82) is 0 Å². The Hall–Kier alpha value is -4.37. The molecule has 0 bridgehead atoms. The highest BCUT2D eigenvalue weighted by molar-refractivity contribution is 6.37. The van der Waals surface area contributed by atoms with E-state index in [2.05, 4.69) is 10.6 Å². The Bertz CT molecular complexity index is 1330. The van der Waals surface area contributed by atoms with Gasteiger partial charge < -0.3 is 29.6 Å². The maximum atomic E-state index is 13.1. The van der Waals surface area contributed by atoms with Gasteiger partial charge in [-0.25, -0.2) is 4.79 Å². The third-order valence-electron chi connectivity index (χ3n) is 5.79. The zero-order chi connectivity index (χ0) is 25.8. The number of nitrogens with one attached hydrogen (secondary N) is 2. The Kier molecular flexibility index (Phi) is 7.21. The van der Waals surface area contributed by atoms with Crippen molar-refractivity contribution in [3.05, 3.63) is 83.1 Å². The maximum absolute atomic E-state index is 13.1. The summed E-state index contributed by atoms with van der Waals surface area (Å²) >= 11 is 0. The van der Waals surface area contributed by atoms with Gasteiger partial charge in [-0.3, -0.25) is 9.59 Å². The molecule has 0 radical (unpaired) electrons. The van der Waals surface area contributed by atoms with Gasteiger partial charge in [-0.05, 0) is 37.9 Å². The van der Waals surface area contributed by atoms with Crippen LogP contribution in [0.5, 0.6) is 0 Å². The number of likely N-dealkylation sites (N-methyl/N-ethyl adjacent to an activating group) is 2. The fourth-order valence-electron chi connectivity index (χ4n) is 3.83. The van der Waals surface area contributed by atoms with E-state index in [4.69, 9.17) is 9.15 Å². The molecule has 3 aromatic rings. The van der Waals surface area contributed by atoms with Crippen molar-refractivity contribution < 1.29 is 23.5 Å². The molecule has 1 aliphatic heterocycles. The van der Waals surface area contributed by atoms with Gasteiger partial charge in [0.05, 0.1) is 29.6 Å². The lowest BCUT2D eigenvalue weighted by molar-refractivity contribution is -0.110. The molecule has 9 heteroatoms. The van der Waals surface area contributed by atoms with Crippen molar-refractivity contribution >= 4 is 40.6 Å². The number of fused-ring (bicyclic) bond motifs is 1. The number of carbonyl (C=O) groups excluding carboxylic acids is 3. The molecule has 0 aliphatic carbocycles. The molecule has 36 heavy (non-hydrogen) atoms. The van der Waals surface area contributed by atoms with Gasteiger partial charge in [-0.1, -0.05) is 36.4 Å². The number of furan rings is 1. The summed E-state index contributed by atoms with van der Waals surface area (Å²) in [5.74, 6) is -0.551. The first-order valence-electron chi connectivity index (χ1n) is 11.4. The molecular weight excluding hydrogens is 460 g/mol. The summed E-state index contributed by atoms with van der Waals surface area (Å²) in [6, 6.07) is 17.5. The molecule has 0 saturated carbocycles. The number of ether oxygens (including phenoxy) is 1. The monoisotopic (exact) mass is 488 g/mol. The minimum Gasteiger partial charge on any atom is -0.465 e. The average Bonchev–Trinajstić information content (AvgIpc) is 3.48. The summed E-state index contributed by atoms with van der Waals surface area (Å²) in [4.78, 5) is 41.4. The van der Waals surface area contributed by atoms with Crippen LogP contribution in [0.3, 0.4) is 0 Å². The van der Waals surface area contributed by atoms with Crippen LogP contribution < -0.4 is 10.6 Å². The summed E-state index contributed by atoms with van der Waals surface area (Å²) in [5, 5.41) is 6.03. The number of amides is 2. The molecule has 4 rings (SSSR count). The molecule has 186 valence electrons. The second-order valence-corrected chi connectivity index (χ2v) is 8.64. The lowest BCUT2D eigenvalue weighted by atomic mass is 9.99. The van der Waals surface area contributed by atoms with Crippen molar-refractivity contribution in [3.8, 4) is 0 Å². The predicted molar refractivity (Wildman–Crippen MR) is 138 cm³/mol. The standard InChI is InChI=1S/C27H28N4O5/c1-30(2)14-15-31(3)26(33)21-12-13-22(36-21)29-24(17-8-6-5-7-9-17)23-19-11-10-18(27(34)35-4)16-20(19)28-25(23)32/h5-13,16,29H,14-15H2,1-4H3,(H,28,32). The number of methoxy groups -OCH3 is 1. The zero-order valence-corrected chi connectivity index (χ0v) is 20.6. The first-order chi connectivity index (χ1) is 17.3. The van der Waals surface area contributed by atoms with Crippen LogP contribution in [0.4, 0.5) is 11.6 Å². The third-order valence-corrected chi connectivity index (χ3v) is 5.79. The van der Waals surface area contributed by atoms with Crippen LogP contribution in [0.2, 0.25) is 0 Å². The molecular formula is C27H28N4O5. The zero-order valence-electron chi connectivity index (χ0n) is 20.6. The number of hydrogen-bond donors (Lipinski definition) is 2. The summed E-state index contributed by atoms with van der Waals surface area (Å²) in [6.45, 7) is 1.28. The van der Waals surface area contributed by atoms with Gasteiger partial charge in [0.25, 0.3) is 11.8 Å². The Balaban J connectivity index is 1.70. The molecule has 0 unspecified atom stereocenters. The highest BCUT2D eigenvalue weighted by Gasteiger charge is 2.30. The van der Waals surface area contributed by atoms with E-state index in [0.717, 1.165) is 12.1 Å². The molecule has 0 fully saturated rings. The van der Waals surface area contributed by atoms with Crippen molar-refractivity contribution in [3.63, 3.8) is 0 Å². The molecule has 0 spiro atoms. The second kappa shape index (κ2) is 10.5. The van der Waals surface area contributed by atoms with Crippen LogP contribution in [-0.4, -0.2) is 68.9 Å². The molecule has 0 atom stereocenters. The molecule has 1 aromatic heterocycles. The number of rotatable bonds is 8. The Labute approximate surface area is 209 Å². The summed E-state index contributed by atoms with van der Waals surface area (Å²) < 4.78 is 10.6. The smallest absolute Gasteiger partial charge is 0.337 e. The van der Waals surface area contributed by atoms with Crippen molar-refractivity contribution in [2.75, 3.05) is 52.0 Å². The Morgan fingerprint density at radius 3 is 2.42 bits per heavy atom. The van der Waals surface area contributed by atoms with Gasteiger partial charge in [0.15, 0.2) is 11.6 Å². The van der Waals surface area contributed by atoms with Crippen LogP contribution in [0, 0.1) is 0 Å². The van der Waals surface area contributed by atoms with Crippen LogP contribution in [0.1, 0.15) is 32.0 Å². The quantitative estimate of drug-likeness (QED) is 0.369. The molecule has 0 saturated heterocycles. The number of carbonyl (C=O) groups is 3. The lowest BCUT2D eigenvalue weighted by Gasteiger charge is -2.18. The molecule has 2 N–H and O–H groups in total. The minimum absolute atomic E-state index is 0.190. The van der Waals surface area contributed by atoms with Gasteiger partial charge in [-0.2, -0.15) is 0 Å². The van der Waals surface area contributed by atoms with E-state index in [0.29, 0.717) is 40.5 Å². The van der Waals surface area contributed by atoms with Gasteiger partial charge >= 0.3 is 5.97 Å². The highest BCUT2D eigenvalue weighted by Crippen LogP contribution is 2.38. The summed E-state index contributed by atoms with van der Waals surface area (Å²) in [6.07, 6.45) is 0. The van der Waals surface area contributed by atoms with E-state index in [9.17, 15) is 14.4 Å². The van der Waals surface area contributed by atoms with Gasteiger partial charge in [0.2, 0.25) is 0 Å². The van der Waals surface area contributed by atoms with E-state index >= 15 is 0 Å². The second-order valence-electron chi connectivity index (χ2n) is 8.64. The van der Waals surface area contributed by atoms with E-state index in [1.54, 1.807) is 42.3 Å². The van der Waals surface area contributed by atoms with E-state index in [1.807, 2.05) is 49.3 Å². The largest absolute Gasteiger partial charge is 0.465 e. The number of anilines is 2. The molecule has 2 amide bonds. The summed E-state index contributed by atoms with van der Waals surface area (Å²) in [7, 11) is 6.92. The van der Waals surface area contributed by atoms with Gasteiger partial charge in [0, 0.05) is 31.8 Å². The van der Waals surface area contributed by atoms with Crippen molar-refractivity contribution in [2.45, 2.75) is 0 Å². The number of hydrogen-bond acceptors (Lipinski definition) is 7. The number of benzene rings is 2. The Morgan fingerprint density at radius 2 is 1.72 bits per heavy atom. The fraction of sp³-hybridized carbons (Fsp3) is 0.222. The van der Waals surface area contributed by atoms with Crippen LogP contribution in [0.25, 0.3) is 11.3 Å². The van der Waals surface area contributed by atoms with Crippen molar-refractivity contribution in [2.24, 2.45) is 0 Å². The van der Waals surface area contributed by atoms with E-state index in [1.165, 1.54) is 7.11 Å². The van der Waals surface area contributed by atoms with Crippen molar-refractivity contribution in [1.82, 2.24) is 9.80 Å². The molecule has 2 aromatic carbocycles. The fourth-order valence-corrected chi connectivity index (χ4v) is 3.83. The van der Waals surface area contributed by atoms with Crippen LogP contribution >= 0.6 is 0 Å². The normalized spacial score (nSPS) is 13.8. The topological polar surface area (TPSA) is 104 Å². The van der Waals surface area contributed by atoms with E-state index in [-0.39, 0.29) is 17.6 Å². The molecule has 9 nitrogen and oxygen atoms in total. The Morgan fingerprint density at radius 1 is 0.972 bits per heavy atom. The average molecular weight is 489 g/mol. The van der Waals surface area contributed by atoms with E-state index < -0.39 is 5.97 Å². The third kappa shape index (κ3) is 5.16. The van der Waals surface area contributed by atoms with Crippen LogP contribution in [-0.2, 0) is 9.53 Å². The maximum Gasteiger partial charge on any atom is 0.337 e. The number of esters is 1. The molecule has 2 heterocycles. The molecule has 1 aliphatic rings. The SMILES string of the molecule is COC(=O)c1ccc2c(c1)NC(=O)C2=C(Nc1ccc(C(=O)N(C)CCN(C)C)o1)c1ccccc1. The van der Waals surface area contributed by atoms with Gasteiger partial charge in [0.1, 0.15) is 0 Å². The van der Waals surface area contributed by atoms with Gasteiger partial charge in [-0.15, -0.1) is 0 Å². The first-order valence-corrected chi connectivity index (χ1v) is 11.4. The highest BCUT2D eigenvalue weighted by atomic mass is 16.5. The minimum atomic E-state index is -0.491. The summed E-state index contributed by atoms with van der Waals surface area (Å²) in [5.41, 5.74) is 3.11. The predicted octanol–water partition coefficient (Wildman–Crippen LogP) is 3.63. The lowest BCUT2D eigenvalue weighted by Crippen LogP contribution is -2.33. The first kappa shape index (κ1) is 24.7.